The van der Waals surface area contributed by atoms with Gasteiger partial charge in [-0.2, -0.15) is 5.10 Å². The molecule has 2 rings (SSSR count). The van der Waals surface area contributed by atoms with Crippen molar-refractivity contribution in [3.8, 4) is 0 Å². The average Bonchev–Trinajstić information content (AvgIpc) is 3.14. The number of halogens is 1. The molecule has 0 aliphatic heterocycles. The molecule has 1 atom stereocenters. The summed E-state index contributed by atoms with van der Waals surface area (Å²) < 4.78 is 1.83. The predicted octanol–water partition coefficient (Wildman–Crippen LogP) is 1.81. The van der Waals surface area contributed by atoms with E-state index in [0.717, 1.165) is 36.2 Å². The van der Waals surface area contributed by atoms with Crippen molar-refractivity contribution in [1.82, 2.24) is 30.3 Å². The van der Waals surface area contributed by atoms with Crippen molar-refractivity contribution < 1.29 is 0 Å². The first kappa shape index (κ1) is 21.8. The molecule has 140 valence electrons. The molecule has 0 aliphatic carbocycles. The molecular formula is C16H28IN7S. The Labute approximate surface area is 171 Å². The second-order valence-corrected chi connectivity index (χ2v) is 6.98. The van der Waals surface area contributed by atoms with Crippen LogP contribution < -0.4 is 10.6 Å². The molecule has 0 fully saturated rings. The highest BCUT2D eigenvalue weighted by Crippen LogP contribution is 2.16. The van der Waals surface area contributed by atoms with Gasteiger partial charge in [-0.3, -0.25) is 9.67 Å². The van der Waals surface area contributed by atoms with E-state index >= 15 is 0 Å². The zero-order chi connectivity index (χ0) is 17.5. The Morgan fingerprint density at radius 1 is 1.40 bits per heavy atom. The van der Waals surface area contributed by atoms with Gasteiger partial charge in [-0.05, 0) is 21.0 Å². The van der Waals surface area contributed by atoms with E-state index in [0.29, 0.717) is 0 Å². The molecule has 2 aromatic heterocycles. The smallest absolute Gasteiger partial charge is 0.191 e. The Morgan fingerprint density at radius 3 is 2.68 bits per heavy atom. The molecule has 0 aromatic carbocycles. The number of likely N-dealkylation sites (N-methyl/N-ethyl adjacent to an activating group) is 1. The van der Waals surface area contributed by atoms with Crippen molar-refractivity contribution in [2.45, 2.75) is 19.4 Å². The van der Waals surface area contributed by atoms with E-state index in [9.17, 15) is 0 Å². The molecule has 0 spiro atoms. The third-order valence-corrected chi connectivity index (χ3v) is 4.58. The number of nitrogens with zero attached hydrogens (tertiary/aromatic N) is 5. The lowest BCUT2D eigenvalue weighted by Gasteiger charge is -2.24. The van der Waals surface area contributed by atoms with Gasteiger partial charge in [0.25, 0.3) is 0 Å². The maximum Gasteiger partial charge on any atom is 0.191 e. The van der Waals surface area contributed by atoms with E-state index in [1.807, 2.05) is 31.0 Å². The van der Waals surface area contributed by atoms with E-state index in [2.05, 4.69) is 50.1 Å². The SMILES string of the molecule is CN=C(NCCc1csc(C)n1)NCC(c1cnn(C)c1)N(C)C.I. The summed E-state index contributed by atoms with van der Waals surface area (Å²) in [4.78, 5) is 10.9. The van der Waals surface area contributed by atoms with Gasteiger partial charge in [0.1, 0.15) is 0 Å². The Morgan fingerprint density at radius 2 is 2.16 bits per heavy atom. The van der Waals surface area contributed by atoms with Crippen LogP contribution in [0.4, 0.5) is 0 Å². The normalized spacial score (nSPS) is 12.8. The van der Waals surface area contributed by atoms with Gasteiger partial charge in [-0.15, -0.1) is 35.3 Å². The number of aliphatic imine (C=N–C) groups is 1. The number of guanidine groups is 1. The fraction of sp³-hybridized carbons (Fsp3) is 0.562. The highest BCUT2D eigenvalue weighted by atomic mass is 127. The van der Waals surface area contributed by atoms with Crippen LogP contribution in [-0.2, 0) is 13.5 Å². The lowest BCUT2D eigenvalue weighted by molar-refractivity contribution is 0.298. The first-order chi connectivity index (χ1) is 11.5. The lowest BCUT2D eigenvalue weighted by Crippen LogP contribution is -2.42. The van der Waals surface area contributed by atoms with Crippen molar-refractivity contribution in [2.24, 2.45) is 12.0 Å². The summed E-state index contributed by atoms with van der Waals surface area (Å²) in [5, 5.41) is 14.2. The van der Waals surface area contributed by atoms with Gasteiger partial charge in [-0.1, -0.05) is 0 Å². The van der Waals surface area contributed by atoms with Gasteiger partial charge in [0.2, 0.25) is 0 Å². The monoisotopic (exact) mass is 477 g/mol. The van der Waals surface area contributed by atoms with Crippen molar-refractivity contribution in [3.05, 3.63) is 34.0 Å². The highest BCUT2D eigenvalue weighted by molar-refractivity contribution is 14.0. The zero-order valence-electron chi connectivity index (χ0n) is 15.5. The van der Waals surface area contributed by atoms with Gasteiger partial charge in [-0.25, -0.2) is 4.98 Å². The molecule has 0 saturated carbocycles. The highest BCUT2D eigenvalue weighted by Gasteiger charge is 2.16. The second-order valence-electron chi connectivity index (χ2n) is 5.91. The van der Waals surface area contributed by atoms with Gasteiger partial charge in [0, 0.05) is 50.7 Å². The Hall–Kier alpha value is -1.20. The quantitative estimate of drug-likeness (QED) is 0.362. The first-order valence-electron chi connectivity index (χ1n) is 8.00. The molecule has 0 amide bonds. The Bertz CT molecular complexity index is 665. The molecule has 0 aliphatic rings. The largest absolute Gasteiger partial charge is 0.356 e. The minimum atomic E-state index is 0. The average molecular weight is 477 g/mol. The number of thiazole rings is 1. The maximum atomic E-state index is 4.48. The third kappa shape index (κ3) is 6.90. The van der Waals surface area contributed by atoms with E-state index in [1.54, 1.807) is 18.4 Å². The molecule has 1 unspecified atom stereocenters. The van der Waals surface area contributed by atoms with E-state index < -0.39 is 0 Å². The Balaban J connectivity index is 0.00000312. The van der Waals surface area contributed by atoms with E-state index in [4.69, 9.17) is 0 Å². The van der Waals surface area contributed by atoms with Crippen molar-refractivity contribution in [2.75, 3.05) is 34.2 Å². The summed E-state index contributed by atoms with van der Waals surface area (Å²) in [7, 11) is 7.86. The van der Waals surface area contributed by atoms with Crippen LogP contribution in [-0.4, -0.2) is 59.9 Å². The molecule has 25 heavy (non-hydrogen) atoms. The van der Waals surface area contributed by atoms with Gasteiger partial charge in [0.05, 0.1) is 22.9 Å². The van der Waals surface area contributed by atoms with Crippen LogP contribution in [0.3, 0.4) is 0 Å². The summed E-state index contributed by atoms with van der Waals surface area (Å²) in [5.41, 5.74) is 2.31. The second kappa shape index (κ2) is 10.7. The molecule has 0 saturated heterocycles. The molecule has 7 nitrogen and oxygen atoms in total. The van der Waals surface area contributed by atoms with Gasteiger partial charge < -0.3 is 15.5 Å². The van der Waals surface area contributed by atoms with Gasteiger partial charge in [0.15, 0.2) is 5.96 Å². The summed E-state index contributed by atoms with van der Waals surface area (Å²) in [5.74, 6) is 0.803. The summed E-state index contributed by atoms with van der Waals surface area (Å²) in [6.07, 6.45) is 4.85. The zero-order valence-corrected chi connectivity index (χ0v) is 18.6. The molecule has 2 N–H and O–H groups in total. The molecule has 9 heteroatoms. The van der Waals surface area contributed by atoms with E-state index in [1.165, 1.54) is 5.56 Å². The molecule has 2 aromatic rings. The predicted molar refractivity (Wildman–Crippen MR) is 115 cm³/mol. The number of hydrogen-bond acceptors (Lipinski definition) is 5. The molecule has 0 radical (unpaired) electrons. The van der Waals surface area contributed by atoms with Crippen LogP contribution in [0, 0.1) is 6.92 Å². The number of hydrogen-bond donors (Lipinski definition) is 2. The number of aryl methyl sites for hydroxylation is 2. The maximum absolute atomic E-state index is 4.48. The molecule has 0 bridgehead atoms. The standard InChI is InChI=1S/C16H27N7S.HI/c1-12-21-14(11-24-12)6-7-18-16(17-2)19-9-15(22(3)4)13-8-20-23(5)10-13;/h8,10-11,15H,6-7,9H2,1-5H3,(H2,17,18,19);1H. The van der Waals surface area contributed by atoms with Crippen molar-refractivity contribution in [1.29, 1.82) is 0 Å². The van der Waals surface area contributed by atoms with Crippen molar-refractivity contribution in [3.63, 3.8) is 0 Å². The number of nitrogens with one attached hydrogen (secondary N) is 2. The molecular weight excluding hydrogens is 449 g/mol. The van der Waals surface area contributed by atoms with Crippen LogP contribution in [0.15, 0.2) is 22.8 Å². The van der Waals surface area contributed by atoms with Gasteiger partial charge >= 0.3 is 0 Å². The van der Waals surface area contributed by atoms with Crippen molar-refractivity contribution >= 4 is 41.3 Å². The topological polar surface area (TPSA) is 70.4 Å². The number of aromatic nitrogens is 3. The Kier molecular flexibility index (Phi) is 9.36. The van der Waals surface area contributed by atoms with E-state index in [-0.39, 0.29) is 30.0 Å². The lowest BCUT2D eigenvalue weighted by atomic mass is 10.1. The summed E-state index contributed by atoms with van der Waals surface area (Å²) in [6, 6.07) is 0.235. The fourth-order valence-electron chi connectivity index (χ4n) is 2.46. The minimum absolute atomic E-state index is 0. The summed E-state index contributed by atoms with van der Waals surface area (Å²) in [6.45, 7) is 3.60. The van der Waals surface area contributed by atoms with Crippen LogP contribution in [0.5, 0.6) is 0 Å². The van der Waals surface area contributed by atoms with Crippen LogP contribution in [0.25, 0.3) is 0 Å². The summed E-state index contributed by atoms with van der Waals surface area (Å²) >= 11 is 1.69. The number of rotatable bonds is 7. The third-order valence-electron chi connectivity index (χ3n) is 3.76. The molecule has 2 heterocycles. The van der Waals surface area contributed by atoms with Crippen LogP contribution >= 0.6 is 35.3 Å². The fourth-order valence-corrected chi connectivity index (χ4v) is 3.10. The minimum Gasteiger partial charge on any atom is -0.356 e. The van der Waals surface area contributed by atoms with Crippen LogP contribution in [0.2, 0.25) is 0 Å². The first-order valence-corrected chi connectivity index (χ1v) is 8.88. The van der Waals surface area contributed by atoms with Crippen LogP contribution in [0.1, 0.15) is 22.3 Å².